The number of ether oxygens (including phenoxy) is 1. The number of carbonyl (C=O) groups excluding carboxylic acids is 2. The zero-order valence-corrected chi connectivity index (χ0v) is 20.0. The first-order chi connectivity index (χ1) is 15.8. The predicted molar refractivity (Wildman–Crippen MR) is 126 cm³/mol. The fraction of sp³-hybridized carbons (Fsp3) is 0.417. The van der Waals surface area contributed by atoms with Gasteiger partial charge in [0.1, 0.15) is 0 Å². The maximum absolute atomic E-state index is 12.8. The van der Waals surface area contributed by atoms with Crippen LogP contribution in [-0.4, -0.2) is 44.3 Å². The number of carbonyl (C=O) groups is 2. The molecule has 1 saturated heterocycles. The molecule has 0 atom stereocenters. The van der Waals surface area contributed by atoms with Gasteiger partial charge < -0.3 is 10.1 Å². The Hall–Kier alpha value is -2.42. The van der Waals surface area contributed by atoms with Crippen molar-refractivity contribution in [2.24, 2.45) is 0 Å². The van der Waals surface area contributed by atoms with Crippen LogP contribution in [0.25, 0.3) is 0 Å². The smallest absolute Gasteiger partial charge is 0.306 e. The minimum absolute atomic E-state index is 0.0970. The molecule has 9 heteroatoms. The number of aryl methyl sites for hydroxylation is 1. The third-order valence-corrected chi connectivity index (χ3v) is 7.63. The Morgan fingerprint density at radius 2 is 1.67 bits per heavy atom. The summed E-state index contributed by atoms with van der Waals surface area (Å²) in [5.41, 5.74) is 1.68. The summed E-state index contributed by atoms with van der Waals surface area (Å²) in [4.78, 5) is 24.1. The normalized spacial score (nSPS) is 14.9. The zero-order chi connectivity index (χ0) is 23.7. The van der Waals surface area contributed by atoms with Crippen molar-refractivity contribution >= 4 is 33.5 Å². The fourth-order valence-electron chi connectivity index (χ4n) is 3.62. The van der Waals surface area contributed by atoms with Gasteiger partial charge in [-0.25, -0.2) is 8.42 Å². The number of amides is 1. The molecule has 33 heavy (non-hydrogen) atoms. The van der Waals surface area contributed by atoms with Crippen molar-refractivity contribution in [3.8, 4) is 0 Å². The Morgan fingerprint density at radius 1 is 0.970 bits per heavy atom. The first kappa shape index (κ1) is 25.2. The molecular formula is C24H29ClN2O5S. The van der Waals surface area contributed by atoms with E-state index >= 15 is 0 Å². The van der Waals surface area contributed by atoms with Gasteiger partial charge in [-0.15, -0.1) is 0 Å². The summed E-state index contributed by atoms with van der Waals surface area (Å²) in [5, 5.41) is 3.25. The topological polar surface area (TPSA) is 92.8 Å². The zero-order valence-electron chi connectivity index (χ0n) is 18.5. The second-order valence-corrected chi connectivity index (χ2v) is 10.4. The molecule has 2 aromatic carbocycles. The van der Waals surface area contributed by atoms with E-state index < -0.39 is 21.9 Å². The summed E-state index contributed by atoms with van der Waals surface area (Å²) in [6.07, 6.45) is 4.39. The highest BCUT2D eigenvalue weighted by atomic mass is 35.5. The molecule has 1 amide bonds. The maximum atomic E-state index is 12.8. The van der Waals surface area contributed by atoms with E-state index in [0.29, 0.717) is 31.1 Å². The van der Waals surface area contributed by atoms with Gasteiger partial charge in [-0.3, -0.25) is 9.59 Å². The molecule has 7 nitrogen and oxygen atoms in total. The van der Waals surface area contributed by atoms with Crippen LogP contribution in [-0.2, 0) is 37.3 Å². The second-order valence-electron chi connectivity index (χ2n) is 8.03. The van der Waals surface area contributed by atoms with Gasteiger partial charge in [0.05, 0.1) is 4.90 Å². The Kier molecular flexibility index (Phi) is 9.29. The van der Waals surface area contributed by atoms with Gasteiger partial charge in [-0.05, 0) is 54.7 Å². The van der Waals surface area contributed by atoms with Crippen molar-refractivity contribution in [2.75, 3.05) is 19.7 Å². The molecule has 1 aliphatic heterocycles. The molecule has 0 aliphatic carbocycles. The number of hydrogen-bond acceptors (Lipinski definition) is 5. The molecule has 1 aliphatic rings. The van der Waals surface area contributed by atoms with E-state index in [1.165, 1.54) is 0 Å². The van der Waals surface area contributed by atoms with Crippen molar-refractivity contribution in [2.45, 2.75) is 50.0 Å². The van der Waals surface area contributed by atoms with Crippen LogP contribution in [0, 0.1) is 0 Å². The molecule has 178 valence electrons. The average molecular weight is 493 g/mol. The van der Waals surface area contributed by atoms with Crippen LogP contribution in [0.1, 0.15) is 43.2 Å². The van der Waals surface area contributed by atoms with Crippen LogP contribution < -0.4 is 5.32 Å². The highest BCUT2D eigenvalue weighted by molar-refractivity contribution is 7.89. The molecule has 0 aromatic heterocycles. The van der Waals surface area contributed by atoms with Crippen LogP contribution in [0.4, 0.5) is 0 Å². The van der Waals surface area contributed by atoms with Gasteiger partial charge >= 0.3 is 5.97 Å². The van der Waals surface area contributed by atoms with Gasteiger partial charge in [-0.2, -0.15) is 4.31 Å². The molecular weight excluding hydrogens is 464 g/mol. The van der Waals surface area contributed by atoms with E-state index in [4.69, 9.17) is 16.3 Å². The highest BCUT2D eigenvalue weighted by Crippen LogP contribution is 2.21. The van der Waals surface area contributed by atoms with Gasteiger partial charge in [0.15, 0.2) is 6.61 Å². The van der Waals surface area contributed by atoms with E-state index in [1.54, 1.807) is 46.8 Å². The van der Waals surface area contributed by atoms with E-state index in [2.05, 4.69) is 5.32 Å². The SMILES string of the molecule is O=C(COC(=O)CCc1ccc(S(=O)(=O)N2CCCCCC2)cc1)NCc1cccc(Cl)c1. The van der Waals surface area contributed by atoms with Crippen molar-refractivity contribution in [3.63, 3.8) is 0 Å². The highest BCUT2D eigenvalue weighted by Gasteiger charge is 2.24. The fourth-order valence-corrected chi connectivity index (χ4v) is 5.35. The molecule has 1 fully saturated rings. The quantitative estimate of drug-likeness (QED) is 0.539. The molecule has 2 aromatic rings. The molecule has 1 heterocycles. The van der Waals surface area contributed by atoms with E-state index in [-0.39, 0.29) is 17.9 Å². The summed E-state index contributed by atoms with van der Waals surface area (Å²) < 4.78 is 32.3. The summed E-state index contributed by atoms with van der Waals surface area (Å²) in [7, 11) is -3.49. The molecule has 0 bridgehead atoms. The average Bonchev–Trinajstić information content (AvgIpc) is 3.11. The lowest BCUT2D eigenvalue weighted by molar-refractivity contribution is -0.148. The van der Waals surface area contributed by atoms with Gasteiger partial charge in [0.25, 0.3) is 5.91 Å². The Balaban J connectivity index is 1.41. The van der Waals surface area contributed by atoms with Crippen LogP contribution in [0.15, 0.2) is 53.4 Å². The van der Waals surface area contributed by atoms with Crippen molar-refractivity contribution in [1.82, 2.24) is 9.62 Å². The van der Waals surface area contributed by atoms with Crippen molar-refractivity contribution in [3.05, 3.63) is 64.7 Å². The molecule has 0 unspecified atom stereocenters. The molecule has 3 rings (SSSR count). The lowest BCUT2D eigenvalue weighted by Gasteiger charge is -2.20. The van der Waals surface area contributed by atoms with Gasteiger partial charge in [-0.1, -0.05) is 48.7 Å². The number of benzene rings is 2. The van der Waals surface area contributed by atoms with Crippen LogP contribution >= 0.6 is 11.6 Å². The number of esters is 1. The van der Waals surface area contributed by atoms with Crippen molar-refractivity contribution < 1.29 is 22.7 Å². The lowest BCUT2D eigenvalue weighted by Crippen LogP contribution is -2.31. The standard InChI is InChI=1S/C24H29ClN2O5S/c25-21-7-5-6-20(16-21)17-26-23(28)18-32-24(29)13-10-19-8-11-22(12-9-19)33(30,31)27-14-3-1-2-4-15-27/h5-9,11-12,16H,1-4,10,13-15,17-18H2,(H,26,28). The summed E-state index contributed by atoms with van der Waals surface area (Å²) in [6, 6.07) is 13.7. The van der Waals surface area contributed by atoms with E-state index in [1.807, 2.05) is 6.07 Å². The third kappa shape index (κ3) is 7.84. The Labute approximate surface area is 200 Å². The number of nitrogens with zero attached hydrogens (tertiary/aromatic N) is 1. The first-order valence-electron chi connectivity index (χ1n) is 11.1. The number of nitrogens with one attached hydrogen (secondary N) is 1. The monoisotopic (exact) mass is 492 g/mol. The molecule has 0 saturated carbocycles. The number of halogens is 1. The number of rotatable bonds is 9. The third-order valence-electron chi connectivity index (χ3n) is 5.49. The van der Waals surface area contributed by atoms with E-state index in [9.17, 15) is 18.0 Å². The van der Waals surface area contributed by atoms with Crippen LogP contribution in [0.2, 0.25) is 5.02 Å². The van der Waals surface area contributed by atoms with E-state index in [0.717, 1.165) is 36.8 Å². The minimum Gasteiger partial charge on any atom is -0.456 e. The predicted octanol–water partition coefficient (Wildman–Crippen LogP) is 3.70. The number of sulfonamides is 1. The summed E-state index contributed by atoms with van der Waals surface area (Å²) >= 11 is 5.91. The maximum Gasteiger partial charge on any atom is 0.306 e. The summed E-state index contributed by atoms with van der Waals surface area (Å²) in [6.45, 7) is 1.06. The minimum atomic E-state index is -3.49. The Morgan fingerprint density at radius 3 is 2.33 bits per heavy atom. The van der Waals surface area contributed by atoms with Crippen molar-refractivity contribution in [1.29, 1.82) is 0 Å². The van der Waals surface area contributed by atoms with Gasteiger partial charge in [0, 0.05) is 31.1 Å². The number of hydrogen-bond donors (Lipinski definition) is 1. The molecule has 0 spiro atoms. The first-order valence-corrected chi connectivity index (χ1v) is 12.9. The van der Waals surface area contributed by atoms with Crippen LogP contribution in [0.5, 0.6) is 0 Å². The van der Waals surface area contributed by atoms with Gasteiger partial charge in [0.2, 0.25) is 10.0 Å². The lowest BCUT2D eigenvalue weighted by atomic mass is 10.1. The molecule has 1 N–H and O–H groups in total. The Bertz CT molecular complexity index is 1050. The molecule has 0 radical (unpaired) electrons. The largest absolute Gasteiger partial charge is 0.456 e. The second kappa shape index (κ2) is 12.2. The summed E-state index contributed by atoms with van der Waals surface area (Å²) in [5.74, 6) is -0.888. The van der Waals surface area contributed by atoms with Crippen LogP contribution in [0.3, 0.4) is 0 Å².